The fourth-order valence-electron chi connectivity index (χ4n) is 2.74. The number of hydrogen-bond donors (Lipinski definition) is 0. The molecule has 0 amide bonds. The first-order chi connectivity index (χ1) is 11.0. The number of nitroso groups, excluding NO2 is 1. The summed E-state index contributed by atoms with van der Waals surface area (Å²) in [5, 5.41) is 21.0. The van der Waals surface area contributed by atoms with Gasteiger partial charge in [-0.25, -0.2) is 0 Å². The zero-order valence-corrected chi connectivity index (χ0v) is 13.2. The van der Waals surface area contributed by atoms with E-state index in [1.54, 1.807) is 12.1 Å². The molecule has 4 nitrogen and oxygen atoms in total. The van der Waals surface area contributed by atoms with Gasteiger partial charge in [0, 0.05) is 0 Å². The Morgan fingerprint density at radius 3 is 2.35 bits per heavy atom. The SMILES string of the molecule is CC1(C)CC(/C=C/c2ccc(N=O)cc2)=CC(=C(C#N)C#N)C1. The van der Waals surface area contributed by atoms with Crippen LogP contribution in [-0.4, -0.2) is 0 Å². The van der Waals surface area contributed by atoms with Crippen LogP contribution in [0.15, 0.2) is 58.3 Å². The first-order valence-corrected chi connectivity index (χ1v) is 7.33. The second-order valence-corrected chi connectivity index (χ2v) is 6.38. The average Bonchev–Trinajstić information content (AvgIpc) is 2.53. The molecule has 114 valence electrons. The molecule has 0 bridgehead atoms. The highest BCUT2D eigenvalue weighted by Gasteiger charge is 2.26. The van der Waals surface area contributed by atoms with E-state index < -0.39 is 0 Å². The fraction of sp³-hybridized carbons (Fsp3) is 0.263. The first kappa shape index (κ1) is 16.4. The van der Waals surface area contributed by atoms with Gasteiger partial charge in [-0.3, -0.25) is 0 Å². The van der Waals surface area contributed by atoms with Gasteiger partial charge >= 0.3 is 0 Å². The van der Waals surface area contributed by atoms with Crippen molar-refractivity contribution >= 4 is 11.8 Å². The lowest BCUT2D eigenvalue weighted by molar-refractivity contribution is 0.354. The van der Waals surface area contributed by atoms with Crippen LogP contribution in [0.3, 0.4) is 0 Å². The molecule has 0 fully saturated rings. The fourth-order valence-corrected chi connectivity index (χ4v) is 2.74. The zero-order chi connectivity index (χ0) is 16.9. The van der Waals surface area contributed by atoms with Crippen molar-refractivity contribution in [3.05, 3.63) is 63.6 Å². The third-order valence-electron chi connectivity index (χ3n) is 3.74. The van der Waals surface area contributed by atoms with Crippen molar-refractivity contribution in [2.75, 3.05) is 0 Å². The monoisotopic (exact) mass is 303 g/mol. The maximum absolute atomic E-state index is 10.4. The van der Waals surface area contributed by atoms with E-state index in [0.29, 0.717) is 5.69 Å². The molecule has 2 rings (SSSR count). The van der Waals surface area contributed by atoms with Gasteiger partial charge in [0.15, 0.2) is 0 Å². The Kier molecular flexibility index (Phi) is 4.88. The zero-order valence-electron chi connectivity index (χ0n) is 13.2. The third-order valence-corrected chi connectivity index (χ3v) is 3.74. The van der Waals surface area contributed by atoms with Crippen molar-refractivity contribution in [1.29, 1.82) is 10.5 Å². The molecule has 4 heteroatoms. The third kappa shape index (κ3) is 4.25. The number of nitriles is 2. The molecule has 1 aromatic rings. The lowest BCUT2D eigenvalue weighted by atomic mass is 9.74. The van der Waals surface area contributed by atoms with Crippen molar-refractivity contribution in [1.82, 2.24) is 0 Å². The summed E-state index contributed by atoms with van der Waals surface area (Å²) < 4.78 is 0. The van der Waals surface area contributed by atoms with Crippen LogP contribution < -0.4 is 0 Å². The minimum Gasteiger partial charge on any atom is -0.192 e. The lowest BCUT2D eigenvalue weighted by Gasteiger charge is -2.30. The van der Waals surface area contributed by atoms with E-state index in [2.05, 4.69) is 19.0 Å². The van der Waals surface area contributed by atoms with Crippen molar-refractivity contribution in [3.8, 4) is 12.1 Å². The Labute approximate surface area is 136 Å². The summed E-state index contributed by atoms with van der Waals surface area (Å²) in [5.41, 5.74) is 3.44. The average molecular weight is 303 g/mol. The van der Waals surface area contributed by atoms with Crippen LogP contribution in [0, 0.1) is 33.0 Å². The Morgan fingerprint density at radius 2 is 1.78 bits per heavy atom. The standard InChI is InChI=1S/C19H17N3O/c1-19(2)10-15(9-16(11-19)17(12-20)13-21)4-3-14-5-7-18(22-23)8-6-14/h3-9H,10-11H2,1-2H3/b4-3+. The van der Waals surface area contributed by atoms with Gasteiger partial charge < -0.3 is 0 Å². The molecule has 0 radical (unpaired) electrons. The molecule has 1 aliphatic carbocycles. The highest BCUT2D eigenvalue weighted by atomic mass is 16.3. The van der Waals surface area contributed by atoms with Gasteiger partial charge in [0.2, 0.25) is 0 Å². The van der Waals surface area contributed by atoms with Gasteiger partial charge in [0.1, 0.15) is 23.4 Å². The van der Waals surface area contributed by atoms with E-state index in [-0.39, 0.29) is 11.0 Å². The highest BCUT2D eigenvalue weighted by Crippen LogP contribution is 2.39. The maximum atomic E-state index is 10.4. The highest BCUT2D eigenvalue weighted by molar-refractivity contribution is 5.57. The van der Waals surface area contributed by atoms with Crippen LogP contribution in [-0.2, 0) is 0 Å². The van der Waals surface area contributed by atoms with E-state index >= 15 is 0 Å². The molecule has 0 saturated heterocycles. The predicted molar refractivity (Wildman–Crippen MR) is 90.3 cm³/mol. The summed E-state index contributed by atoms with van der Waals surface area (Å²) in [5.74, 6) is 0. The molecule has 0 N–H and O–H groups in total. The second-order valence-electron chi connectivity index (χ2n) is 6.38. The first-order valence-electron chi connectivity index (χ1n) is 7.33. The van der Waals surface area contributed by atoms with Crippen molar-refractivity contribution < 1.29 is 0 Å². The number of nitrogens with zero attached hydrogens (tertiary/aromatic N) is 3. The molecule has 23 heavy (non-hydrogen) atoms. The summed E-state index contributed by atoms with van der Waals surface area (Å²) in [6.45, 7) is 4.26. The van der Waals surface area contributed by atoms with Gasteiger partial charge in [-0.05, 0) is 52.3 Å². The van der Waals surface area contributed by atoms with Crippen LogP contribution in [0.25, 0.3) is 6.08 Å². The van der Waals surface area contributed by atoms with Gasteiger partial charge in [-0.2, -0.15) is 10.5 Å². The van der Waals surface area contributed by atoms with Gasteiger partial charge in [-0.15, -0.1) is 4.91 Å². The van der Waals surface area contributed by atoms with E-state index in [9.17, 15) is 4.91 Å². The van der Waals surface area contributed by atoms with E-state index in [1.807, 2.05) is 42.5 Å². The molecule has 0 atom stereocenters. The van der Waals surface area contributed by atoms with Crippen molar-refractivity contribution in [2.24, 2.45) is 10.6 Å². The summed E-state index contributed by atoms with van der Waals surface area (Å²) in [7, 11) is 0. The van der Waals surface area contributed by atoms with Crippen molar-refractivity contribution in [2.45, 2.75) is 26.7 Å². The number of benzene rings is 1. The van der Waals surface area contributed by atoms with Crippen molar-refractivity contribution in [3.63, 3.8) is 0 Å². The normalized spacial score (nSPS) is 16.3. The van der Waals surface area contributed by atoms with Gasteiger partial charge in [-0.1, -0.05) is 44.2 Å². The van der Waals surface area contributed by atoms with E-state index in [0.717, 1.165) is 29.6 Å². The van der Waals surface area contributed by atoms with Crippen LogP contribution in [0.2, 0.25) is 0 Å². The molecule has 0 aliphatic heterocycles. The molecule has 1 aliphatic rings. The molecule has 1 aromatic carbocycles. The Morgan fingerprint density at radius 1 is 1.13 bits per heavy atom. The minimum absolute atomic E-state index is 0.00794. The molecule has 0 aromatic heterocycles. The topological polar surface area (TPSA) is 77.0 Å². The quantitative estimate of drug-likeness (QED) is 0.569. The van der Waals surface area contributed by atoms with E-state index in [1.165, 1.54) is 0 Å². The van der Waals surface area contributed by atoms with Gasteiger partial charge in [0.25, 0.3) is 0 Å². The smallest absolute Gasteiger partial charge is 0.132 e. The van der Waals surface area contributed by atoms with Crippen LogP contribution in [0.5, 0.6) is 0 Å². The summed E-state index contributed by atoms with van der Waals surface area (Å²) in [4.78, 5) is 10.4. The second kappa shape index (κ2) is 6.85. The van der Waals surface area contributed by atoms with Crippen LogP contribution >= 0.6 is 0 Å². The van der Waals surface area contributed by atoms with Crippen LogP contribution in [0.4, 0.5) is 5.69 Å². The van der Waals surface area contributed by atoms with Gasteiger partial charge in [0.05, 0.1) is 0 Å². The largest absolute Gasteiger partial charge is 0.192 e. The molecular formula is C19H17N3O. The number of allylic oxidation sites excluding steroid dienone is 5. The summed E-state index contributed by atoms with van der Waals surface area (Å²) >= 11 is 0. The maximum Gasteiger partial charge on any atom is 0.132 e. The number of rotatable bonds is 3. The Hall–Kier alpha value is -2.98. The molecule has 0 spiro atoms. The van der Waals surface area contributed by atoms with E-state index in [4.69, 9.17) is 10.5 Å². The minimum atomic E-state index is 0.00794. The summed E-state index contributed by atoms with van der Waals surface area (Å²) in [6.07, 6.45) is 7.49. The van der Waals surface area contributed by atoms with Crippen LogP contribution in [0.1, 0.15) is 32.3 Å². The Balaban J connectivity index is 2.31. The number of hydrogen-bond acceptors (Lipinski definition) is 4. The Bertz CT molecular complexity index is 765. The molecule has 0 unspecified atom stereocenters. The molecular weight excluding hydrogens is 286 g/mol. The molecule has 0 heterocycles. The lowest BCUT2D eigenvalue weighted by Crippen LogP contribution is -2.17. The summed E-state index contributed by atoms with van der Waals surface area (Å²) in [6, 6.07) is 10.9. The molecule has 0 saturated carbocycles. The predicted octanol–water partition coefficient (Wildman–Crippen LogP) is 5.19.